The van der Waals surface area contributed by atoms with E-state index in [4.69, 9.17) is 17.3 Å². The summed E-state index contributed by atoms with van der Waals surface area (Å²) in [6, 6.07) is 15.3. The van der Waals surface area contributed by atoms with Gasteiger partial charge in [-0.15, -0.1) is 11.3 Å². The minimum atomic E-state index is 0.208. The van der Waals surface area contributed by atoms with Crippen LogP contribution in [0.2, 0.25) is 5.02 Å². The largest absolute Gasteiger partial charge is 0.383 e. The molecule has 108 valence electrons. The lowest BCUT2D eigenvalue weighted by molar-refractivity contribution is 1.31. The van der Waals surface area contributed by atoms with Crippen LogP contribution in [0.15, 0.2) is 46.3 Å². The van der Waals surface area contributed by atoms with Gasteiger partial charge in [-0.3, -0.25) is 0 Å². The fourth-order valence-electron chi connectivity index (χ4n) is 2.14. The summed E-state index contributed by atoms with van der Waals surface area (Å²) in [6.07, 6.45) is 0. The summed E-state index contributed by atoms with van der Waals surface area (Å²) in [6.45, 7) is 0. The number of thiophene rings is 1. The van der Waals surface area contributed by atoms with E-state index in [1.165, 1.54) is 11.3 Å². The molecule has 1 aromatic carbocycles. The molecule has 0 fully saturated rings. The van der Waals surface area contributed by atoms with Gasteiger partial charge in [0, 0.05) is 21.0 Å². The Balaban J connectivity index is 2.26. The van der Waals surface area contributed by atoms with Gasteiger partial charge < -0.3 is 5.73 Å². The van der Waals surface area contributed by atoms with Crippen molar-refractivity contribution in [3.63, 3.8) is 0 Å². The topological polar surface area (TPSA) is 62.7 Å². The molecular formula is C16H9BrClN3S. The lowest BCUT2D eigenvalue weighted by Crippen LogP contribution is -1.99. The number of hydrogen-bond acceptors (Lipinski definition) is 4. The molecule has 3 nitrogen and oxygen atoms in total. The van der Waals surface area contributed by atoms with Crippen molar-refractivity contribution in [3.05, 3.63) is 56.8 Å². The van der Waals surface area contributed by atoms with Crippen molar-refractivity contribution < 1.29 is 0 Å². The van der Waals surface area contributed by atoms with Crippen molar-refractivity contribution in [2.45, 2.75) is 0 Å². The maximum atomic E-state index is 9.38. The summed E-state index contributed by atoms with van der Waals surface area (Å²) in [7, 11) is 0. The Hall–Kier alpha value is -1.87. The molecule has 0 saturated heterocycles. The average molecular weight is 391 g/mol. The minimum Gasteiger partial charge on any atom is -0.383 e. The third-order valence-corrected chi connectivity index (χ3v) is 5.13. The van der Waals surface area contributed by atoms with Crippen LogP contribution in [0.1, 0.15) is 5.56 Å². The molecule has 3 aromatic rings. The normalized spacial score (nSPS) is 10.4. The fraction of sp³-hybridized carbons (Fsp3) is 0. The molecule has 2 aromatic heterocycles. The van der Waals surface area contributed by atoms with Crippen molar-refractivity contribution in [2.24, 2.45) is 0 Å². The Labute approximate surface area is 145 Å². The minimum absolute atomic E-state index is 0.208. The van der Waals surface area contributed by atoms with Gasteiger partial charge in [-0.25, -0.2) is 4.98 Å². The molecule has 0 saturated carbocycles. The lowest BCUT2D eigenvalue weighted by atomic mass is 10.0. The summed E-state index contributed by atoms with van der Waals surface area (Å²) in [5, 5.41) is 9.98. The first-order valence-electron chi connectivity index (χ1n) is 6.31. The fourth-order valence-corrected chi connectivity index (χ4v) is 3.78. The van der Waals surface area contributed by atoms with E-state index in [1.807, 2.05) is 36.4 Å². The van der Waals surface area contributed by atoms with Gasteiger partial charge in [0.25, 0.3) is 0 Å². The summed E-state index contributed by atoms with van der Waals surface area (Å²) in [5.41, 5.74) is 8.57. The van der Waals surface area contributed by atoms with Crippen molar-refractivity contribution in [2.75, 3.05) is 5.73 Å². The van der Waals surface area contributed by atoms with Gasteiger partial charge in [0.05, 0.1) is 9.48 Å². The number of nitrogen functional groups attached to an aromatic ring is 1. The molecule has 22 heavy (non-hydrogen) atoms. The molecule has 0 atom stereocenters. The van der Waals surface area contributed by atoms with Crippen molar-refractivity contribution in [3.8, 4) is 27.8 Å². The predicted octanol–water partition coefficient (Wildman–Crippen LogP) is 5.35. The van der Waals surface area contributed by atoms with Crippen LogP contribution < -0.4 is 5.73 Å². The Morgan fingerprint density at radius 1 is 1.18 bits per heavy atom. The van der Waals surface area contributed by atoms with Gasteiger partial charge in [-0.1, -0.05) is 29.8 Å². The zero-order chi connectivity index (χ0) is 15.7. The van der Waals surface area contributed by atoms with Crippen LogP contribution in [0.5, 0.6) is 0 Å². The van der Waals surface area contributed by atoms with Crippen molar-refractivity contribution in [1.29, 1.82) is 5.26 Å². The highest BCUT2D eigenvalue weighted by Crippen LogP contribution is 2.37. The van der Waals surface area contributed by atoms with Gasteiger partial charge in [-0.2, -0.15) is 5.26 Å². The maximum absolute atomic E-state index is 9.38. The second-order valence-corrected chi connectivity index (χ2v) is 7.38. The van der Waals surface area contributed by atoms with E-state index in [9.17, 15) is 5.26 Å². The molecule has 0 amide bonds. The second-order valence-electron chi connectivity index (χ2n) is 4.51. The van der Waals surface area contributed by atoms with E-state index < -0.39 is 0 Å². The number of halogens is 2. The molecule has 2 heterocycles. The Morgan fingerprint density at radius 2 is 1.95 bits per heavy atom. The molecule has 2 N–H and O–H groups in total. The zero-order valence-electron chi connectivity index (χ0n) is 11.2. The number of anilines is 1. The number of benzene rings is 1. The van der Waals surface area contributed by atoms with E-state index >= 15 is 0 Å². The molecule has 0 radical (unpaired) electrons. The lowest BCUT2D eigenvalue weighted by Gasteiger charge is -2.09. The van der Waals surface area contributed by atoms with E-state index in [2.05, 4.69) is 27.0 Å². The first-order valence-corrected chi connectivity index (χ1v) is 8.30. The highest BCUT2D eigenvalue weighted by Gasteiger charge is 2.15. The van der Waals surface area contributed by atoms with Crippen LogP contribution >= 0.6 is 38.9 Å². The summed E-state index contributed by atoms with van der Waals surface area (Å²) >= 11 is 11.2. The van der Waals surface area contributed by atoms with Gasteiger partial charge in [-0.05, 0) is 40.2 Å². The first kappa shape index (κ1) is 15.0. The molecule has 0 aliphatic carbocycles. The molecule has 0 unspecified atom stereocenters. The number of nitrogens with zero attached hydrogens (tertiary/aromatic N) is 2. The number of rotatable bonds is 2. The van der Waals surface area contributed by atoms with Crippen LogP contribution in [-0.2, 0) is 0 Å². The van der Waals surface area contributed by atoms with Crippen LogP contribution in [0.25, 0.3) is 21.7 Å². The molecule has 0 bridgehead atoms. The van der Waals surface area contributed by atoms with E-state index in [0.29, 0.717) is 16.3 Å². The molecule has 0 aliphatic rings. The van der Waals surface area contributed by atoms with Crippen LogP contribution in [-0.4, -0.2) is 4.98 Å². The Bertz CT molecular complexity index is 899. The molecule has 0 spiro atoms. The quantitative estimate of drug-likeness (QED) is 0.642. The van der Waals surface area contributed by atoms with Crippen LogP contribution in [0.3, 0.4) is 0 Å². The second kappa shape index (κ2) is 6.09. The van der Waals surface area contributed by atoms with Crippen LogP contribution in [0, 0.1) is 11.3 Å². The third kappa shape index (κ3) is 2.73. The first-order chi connectivity index (χ1) is 10.6. The third-order valence-electron chi connectivity index (χ3n) is 3.15. The molecule has 3 rings (SSSR count). The number of pyridine rings is 1. The van der Waals surface area contributed by atoms with Crippen molar-refractivity contribution in [1.82, 2.24) is 4.98 Å². The number of nitriles is 1. The average Bonchev–Trinajstić information content (AvgIpc) is 2.93. The van der Waals surface area contributed by atoms with Crippen molar-refractivity contribution >= 4 is 44.7 Å². The smallest absolute Gasteiger partial charge is 0.142 e. The Morgan fingerprint density at radius 3 is 2.59 bits per heavy atom. The molecule has 6 heteroatoms. The van der Waals surface area contributed by atoms with Gasteiger partial charge >= 0.3 is 0 Å². The standard InChI is InChI=1S/C16H9BrClN3S/c17-15-6-5-14(22-15)10-7-13(21-16(20)11(10)8-19)9-3-1-2-4-12(9)18/h1-7H,(H2,20,21). The highest BCUT2D eigenvalue weighted by molar-refractivity contribution is 9.11. The van der Waals surface area contributed by atoms with Crippen LogP contribution in [0.4, 0.5) is 5.82 Å². The summed E-state index contributed by atoms with van der Waals surface area (Å²) in [5.74, 6) is 0.208. The number of nitrogens with two attached hydrogens (primary N) is 1. The monoisotopic (exact) mass is 389 g/mol. The molecule has 0 aliphatic heterocycles. The number of aromatic nitrogens is 1. The Kier molecular flexibility index (Phi) is 4.16. The summed E-state index contributed by atoms with van der Waals surface area (Å²) < 4.78 is 0.987. The predicted molar refractivity (Wildman–Crippen MR) is 94.8 cm³/mol. The van der Waals surface area contributed by atoms with E-state index in [1.54, 1.807) is 6.07 Å². The van der Waals surface area contributed by atoms with Gasteiger partial charge in [0.15, 0.2) is 0 Å². The van der Waals surface area contributed by atoms with Gasteiger partial charge in [0.1, 0.15) is 17.5 Å². The molecular weight excluding hydrogens is 382 g/mol. The zero-order valence-corrected chi connectivity index (χ0v) is 14.3. The van der Waals surface area contributed by atoms with Gasteiger partial charge in [0.2, 0.25) is 0 Å². The summed E-state index contributed by atoms with van der Waals surface area (Å²) in [4.78, 5) is 5.28. The van der Waals surface area contributed by atoms with E-state index in [0.717, 1.165) is 19.8 Å². The maximum Gasteiger partial charge on any atom is 0.142 e. The number of hydrogen-bond donors (Lipinski definition) is 1. The SMILES string of the molecule is N#Cc1c(-c2ccc(Br)s2)cc(-c2ccccc2Cl)nc1N. The van der Waals surface area contributed by atoms with E-state index in [-0.39, 0.29) is 5.82 Å². The highest BCUT2D eigenvalue weighted by atomic mass is 79.9.